The number of nitrogens with zero attached hydrogens (tertiary/aromatic N) is 2. The lowest BCUT2D eigenvalue weighted by Gasteiger charge is -2.18. The highest BCUT2D eigenvalue weighted by atomic mass is 32.2. The van der Waals surface area contributed by atoms with Gasteiger partial charge in [-0.3, -0.25) is 14.6 Å². The molecule has 31 heavy (non-hydrogen) atoms. The Bertz CT molecular complexity index is 1270. The van der Waals surface area contributed by atoms with E-state index in [1.807, 2.05) is 6.26 Å². The van der Waals surface area contributed by atoms with Crippen LogP contribution in [0, 0.1) is 5.82 Å². The third-order valence-electron chi connectivity index (χ3n) is 4.77. The number of carbonyl (C=O) groups is 1. The normalized spacial score (nSPS) is 12.1. The van der Waals surface area contributed by atoms with Crippen LogP contribution in [0.3, 0.4) is 0 Å². The molecular formula is C22H20FN5O2S. The second kappa shape index (κ2) is 9.13. The molecule has 0 bridgehead atoms. The second-order valence-corrected chi connectivity index (χ2v) is 7.94. The number of thioether (sulfide) groups is 1. The van der Waals surface area contributed by atoms with Crippen LogP contribution in [0.4, 0.5) is 4.39 Å². The maximum Gasteiger partial charge on any atom is 0.268 e. The number of H-pyrrole nitrogens is 2. The van der Waals surface area contributed by atoms with Crippen LogP contribution in [0.1, 0.15) is 28.6 Å². The highest BCUT2D eigenvalue weighted by Crippen LogP contribution is 2.21. The fraction of sp³-hybridized carbons (Fsp3) is 0.182. The average Bonchev–Trinajstić information content (AvgIpc) is 3.20. The first kappa shape index (κ1) is 20.8. The van der Waals surface area contributed by atoms with Gasteiger partial charge in [0.25, 0.3) is 11.5 Å². The molecule has 3 heterocycles. The van der Waals surface area contributed by atoms with Crippen molar-refractivity contribution in [3.63, 3.8) is 0 Å². The summed E-state index contributed by atoms with van der Waals surface area (Å²) >= 11 is 1.63. The minimum absolute atomic E-state index is 0.310. The van der Waals surface area contributed by atoms with Crippen LogP contribution in [0.25, 0.3) is 22.4 Å². The first-order valence-electron chi connectivity index (χ1n) is 9.64. The molecule has 0 spiro atoms. The Morgan fingerprint density at radius 2 is 2.06 bits per heavy atom. The van der Waals surface area contributed by atoms with Crippen LogP contribution in [0.2, 0.25) is 0 Å². The molecule has 0 aliphatic carbocycles. The summed E-state index contributed by atoms with van der Waals surface area (Å²) in [6.07, 6.45) is 4.17. The van der Waals surface area contributed by atoms with Crippen LogP contribution in [0.15, 0.2) is 59.5 Å². The molecule has 9 heteroatoms. The van der Waals surface area contributed by atoms with Crippen LogP contribution < -0.4 is 10.9 Å². The molecule has 3 aromatic heterocycles. The van der Waals surface area contributed by atoms with Crippen molar-refractivity contribution in [2.45, 2.75) is 12.5 Å². The molecule has 0 unspecified atom stereocenters. The Hall–Kier alpha value is -3.46. The zero-order valence-corrected chi connectivity index (χ0v) is 17.5. The van der Waals surface area contributed by atoms with Gasteiger partial charge >= 0.3 is 0 Å². The van der Waals surface area contributed by atoms with Gasteiger partial charge < -0.3 is 15.3 Å². The number of benzene rings is 1. The van der Waals surface area contributed by atoms with Gasteiger partial charge in [0.1, 0.15) is 17.2 Å². The summed E-state index contributed by atoms with van der Waals surface area (Å²) in [7, 11) is 0. The molecule has 0 aliphatic heterocycles. The van der Waals surface area contributed by atoms with Gasteiger partial charge in [-0.05, 0) is 54.8 Å². The minimum Gasteiger partial charge on any atom is -0.351 e. The molecule has 1 aromatic carbocycles. The van der Waals surface area contributed by atoms with Gasteiger partial charge in [0.15, 0.2) is 5.82 Å². The van der Waals surface area contributed by atoms with E-state index in [9.17, 15) is 14.0 Å². The van der Waals surface area contributed by atoms with Crippen LogP contribution in [-0.2, 0) is 0 Å². The number of aromatic amines is 2. The summed E-state index contributed by atoms with van der Waals surface area (Å²) in [5, 5.41) is 3.56. The summed E-state index contributed by atoms with van der Waals surface area (Å²) in [4.78, 5) is 39.7. The predicted octanol–water partition coefficient (Wildman–Crippen LogP) is 3.68. The standard InChI is InChI=1S/C22H20FN5O2S/c1-31-9-7-16(18-12-20(29)28-21(26-18)17-4-2-3-8-24-17)27-22(30)19-11-13-10-14(23)5-6-15(13)25-19/h2-6,8,10-12,16,25H,7,9H2,1H3,(H,27,30)(H,26,28,29)/t16-/m0/s1. The van der Waals surface area contributed by atoms with Crippen molar-refractivity contribution in [3.05, 3.63) is 82.3 Å². The maximum atomic E-state index is 13.5. The fourth-order valence-corrected chi connectivity index (χ4v) is 3.74. The number of carbonyl (C=O) groups excluding carboxylic acids is 1. The molecule has 4 rings (SSSR count). The van der Waals surface area contributed by atoms with Crippen molar-refractivity contribution < 1.29 is 9.18 Å². The van der Waals surface area contributed by atoms with E-state index in [1.165, 1.54) is 18.2 Å². The van der Waals surface area contributed by atoms with Crippen LogP contribution in [0.5, 0.6) is 0 Å². The van der Waals surface area contributed by atoms with Crippen molar-refractivity contribution in [1.82, 2.24) is 25.3 Å². The van der Waals surface area contributed by atoms with Crippen LogP contribution in [-0.4, -0.2) is 37.9 Å². The molecule has 1 atom stereocenters. The molecule has 4 aromatic rings. The van der Waals surface area contributed by atoms with Crippen LogP contribution >= 0.6 is 11.8 Å². The van der Waals surface area contributed by atoms with Gasteiger partial charge in [-0.1, -0.05) is 6.07 Å². The van der Waals surface area contributed by atoms with Gasteiger partial charge in [-0.25, -0.2) is 9.37 Å². The molecule has 0 saturated heterocycles. The molecular weight excluding hydrogens is 417 g/mol. The van der Waals surface area contributed by atoms with Crippen molar-refractivity contribution in [2.75, 3.05) is 12.0 Å². The summed E-state index contributed by atoms with van der Waals surface area (Å²) < 4.78 is 13.5. The molecule has 158 valence electrons. The Kier molecular flexibility index (Phi) is 6.13. The lowest BCUT2D eigenvalue weighted by atomic mass is 10.1. The maximum absolute atomic E-state index is 13.5. The molecule has 7 nitrogen and oxygen atoms in total. The first-order valence-corrected chi connectivity index (χ1v) is 11.0. The van der Waals surface area contributed by atoms with Crippen molar-refractivity contribution in [3.8, 4) is 11.5 Å². The molecule has 0 aliphatic rings. The summed E-state index contributed by atoms with van der Waals surface area (Å²) in [5.41, 5.74) is 1.64. The highest BCUT2D eigenvalue weighted by Gasteiger charge is 2.20. The third-order valence-corrected chi connectivity index (χ3v) is 5.41. The van der Waals surface area contributed by atoms with Gasteiger partial charge in [0, 0.05) is 23.2 Å². The molecule has 0 saturated carbocycles. The van der Waals surface area contributed by atoms with Gasteiger partial charge in [-0.2, -0.15) is 11.8 Å². The van der Waals surface area contributed by atoms with Gasteiger partial charge in [0.2, 0.25) is 0 Å². The van der Waals surface area contributed by atoms with E-state index in [1.54, 1.807) is 48.3 Å². The topological polar surface area (TPSA) is 104 Å². The molecule has 0 radical (unpaired) electrons. The largest absolute Gasteiger partial charge is 0.351 e. The Morgan fingerprint density at radius 3 is 2.84 bits per heavy atom. The van der Waals surface area contributed by atoms with Gasteiger partial charge in [-0.15, -0.1) is 0 Å². The third kappa shape index (κ3) is 4.83. The number of hydrogen-bond acceptors (Lipinski definition) is 5. The minimum atomic E-state index is -0.479. The Balaban J connectivity index is 1.64. The fourth-order valence-electron chi connectivity index (χ4n) is 3.27. The van der Waals surface area contributed by atoms with E-state index in [-0.39, 0.29) is 17.3 Å². The predicted molar refractivity (Wildman–Crippen MR) is 120 cm³/mol. The highest BCUT2D eigenvalue weighted by molar-refractivity contribution is 7.98. The molecule has 1 amide bonds. The Labute approximate surface area is 181 Å². The number of hydrogen-bond donors (Lipinski definition) is 3. The zero-order valence-electron chi connectivity index (χ0n) is 16.7. The van der Waals surface area contributed by atoms with E-state index in [4.69, 9.17) is 0 Å². The zero-order chi connectivity index (χ0) is 21.8. The quantitative estimate of drug-likeness (QED) is 0.409. The van der Waals surface area contributed by atoms with E-state index < -0.39 is 6.04 Å². The van der Waals surface area contributed by atoms with E-state index in [0.29, 0.717) is 40.2 Å². The lowest BCUT2D eigenvalue weighted by molar-refractivity contribution is 0.0930. The number of pyridine rings is 1. The average molecular weight is 438 g/mol. The number of aromatic nitrogens is 4. The van der Waals surface area contributed by atoms with Crippen molar-refractivity contribution in [2.24, 2.45) is 0 Å². The SMILES string of the molecule is CSCC[C@H](NC(=O)c1cc2cc(F)ccc2[nH]1)c1cc(=O)[nH]c(-c2ccccn2)n1. The van der Waals surface area contributed by atoms with E-state index >= 15 is 0 Å². The molecule has 0 fully saturated rings. The number of rotatable bonds is 7. The Morgan fingerprint density at radius 1 is 1.19 bits per heavy atom. The lowest BCUT2D eigenvalue weighted by Crippen LogP contribution is -2.31. The van der Waals surface area contributed by atoms with E-state index in [2.05, 4.69) is 25.3 Å². The monoisotopic (exact) mass is 437 g/mol. The smallest absolute Gasteiger partial charge is 0.268 e. The number of fused-ring (bicyclic) bond motifs is 1. The number of halogens is 1. The number of nitrogens with one attached hydrogen (secondary N) is 3. The summed E-state index contributed by atoms with van der Waals surface area (Å²) in [5.74, 6) is 0.374. The second-order valence-electron chi connectivity index (χ2n) is 6.96. The van der Waals surface area contributed by atoms with Crippen molar-refractivity contribution >= 4 is 28.6 Å². The molecule has 3 N–H and O–H groups in total. The summed E-state index contributed by atoms with van der Waals surface area (Å²) in [6, 6.07) is 12.1. The van der Waals surface area contributed by atoms with Crippen molar-refractivity contribution in [1.29, 1.82) is 0 Å². The first-order chi connectivity index (χ1) is 15.0. The van der Waals surface area contributed by atoms with Gasteiger partial charge in [0.05, 0.1) is 11.7 Å². The summed E-state index contributed by atoms with van der Waals surface area (Å²) in [6.45, 7) is 0. The number of amides is 1. The van der Waals surface area contributed by atoms with E-state index in [0.717, 1.165) is 5.75 Å².